The Labute approximate surface area is 160 Å². The molecular formula is C24H26N2O. The smallest absolute Gasteiger partial charge is 0.256 e. The minimum absolute atomic E-state index is 0.0322. The summed E-state index contributed by atoms with van der Waals surface area (Å²) in [7, 11) is 0. The Kier molecular flexibility index (Phi) is 4.47. The van der Waals surface area contributed by atoms with Gasteiger partial charge in [-0.05, 0) is 60.4 Å². The molecule has 1 aliphatic rings. The van der Waals surface area contributed by atoms with Crippen LogP contribution in [0, 0.1) is 0 Å². The van der Waals surface area contributed by atoms with E-state index in [2.05, 4.69) is 38.2 Å². The van der Waals surface area contributed by atoms with Gasteiger partial charge in [0.25, 0.3) is 5.91 Å². The van der Waals surface area contributed by atoms with Crippen LogP contribution in [0.4, 0.5) is 5.69 Å². The van der Waals surface area contributed by atoms with Crippen molar-refractivity contribution in [3.05, 3.63) is 70.9 Å². The van der Waals surface area contributed by atoms with Gasteiger partial charge in [0.1, 0.15) is 0 Å². The Morgan fingerprint density at radius 1 is 0.963 bits per heavy atom. The molecule has 1 heterocycles. The molecule has 4 rings (SSSR count). The molecular weight excluding hydrogens is 332 g/mol. The normalized spacial score (nSPS) is 14.0. The number of para-hydroxylation sites is 1. The van der Waals surface area contributed by atoms with Gasteiger partial charge in [-0.25, -0.2) is 0 Å². The van der Waals surface area contributed by atoms with E-state index in [1.54, 1.807) is 0 Å². The van der Waals surface area contributed by atoms with E-state index in [0.717, 1.165) is 59.1 Å². The third-order valence-electron chi connectivity index (χ3n) is 5.41. The molecule has 1 N–H and O–H groups in total. The summed E-state index contributed by atoms with van der Waals surface area (Å²) < 4.78 is 0. The summed E-state index contributed by atoms with van der Waals surface area (Å²) in [5.74, 6) is -0.0322. The van der Waals surface area contributed by atoms with E-state index in [1.807, 2.05) is 36.4 Å². The summed E-state index contributed by atoms with van der Waals surface area (Å²) in [6, 6.07) is 16.1. The molecule has 0 bridgehead atoms. The molecule has 0 unspecified atom stereocenters. The number of pyridine rings is 1. The highest BCUT2D eigenvalue weighted by atomic mass is 16.1. The van der Waals surface area contributed by atoms with E-state index in [9.17, 15) is 4.79 Å². The first-order valence-electron chi connectivity index (χ1n) is 9.76. The molecule has 27 heavy (non-hydrogen) atoms. The van der Waals surface area contributed by atoms with Gasteiger partial charge < -0.3 is 5.32 Å². The second-order valence-corrected chi connectivity index (χ2v) is 8.42. The zero-order chi connectivity index (χ0) is 19.0. The maximum atomic E-state index is 13.2. The lowest BCUT2D eigenvalue weighted by Gasteiger charge is -2.21. The van der Waals surface area contributed by atoms with Crippen LogP contribution in [0.15, 0.2) is 48.5 Å². The minimum atomic E-state index is -0.0322. The zero-order valence-corrected chi connectivity index (χ0v) is 16.3. The fourth-order valence-corrected chi connectivity index (χ4v) is 3.88. The molecule has 138 valence electrons. The van der Waals surface area contributed by atoms with E-state index < -0.39 is 0 Å². The molecule has 0 spiro atoms. The first-order valence-corrected chi connectivity index (χ1v) is 9.76. The molecule has 0 fully saturated rings. The van der Waals surface area contributed by atoms with E-state index in [0.29, 0.717) is 0 Å². The summed E-state index contributed by atoms with van der Waals surface area (Å²) in [6.45, 7) is 6.57. The molecule has 3 heteroatoms. The second kappa shape index (κ2) is 6.80. The molecule has 0 radical (unpaired) electrons. The number of fused-ring (bicyclic) bond motifs is 2. The molecule has 0 atom stereocenters. The number of carbonyl (C=O) groups is 1. The second-order valence-electron chi connectivity index (χ2n) is 8.42. The van der Waals surface area contributed by atoms with Crippen molar-refractivity contribution < 1.29 is 4.79 Å². The average Bonchev–Trinajstić information content (AvgIpc) is 2.65. The molecule has 0 aliphatic heterocycles. The van der Waals surface area contributed by atoms with Crippen LogP contribution in [0.1, 0.15) is 60.8 Å². The number of hydrogen-bond donors (Lipinski definition) is 1. The van der Waals surface area contributed by atoms with Crippen molar-refractivity contribution in [1.82, 2.24) is 4.98 Å². The van der Waals surface area contributed by atoms with Gasteiger partial charge in [0.2, 0.25) is 0 Å². The summed E-state index contributed by atoms with van der Waals surface area (Å²) in [5, 5.41) is 4.06. The Bertz CT molecular complexity index is 997. The van der Waals surface area contributed by atoms with Crippen molar-refractivity contribution in [3.8, 4) is 0 Å². The number of anilines is 1. The number of nitrogens with zero attached hydrogens (tertiary/aromatic N) is 1. The predicted octanol–water partition coefficient (Wildman–Crippen LogP) is 5.66. The average molecular weight is 358 g/mol. The van der Waals surface area contributed by atoms with Crippen molar-refractivity contribution in [2.75, 3.05) is 5.32 Å². The van der Waals surface area contributed by atoms with Crippen LogP contribution in [-0.4, -0.2) is 10.9 Å². The summed E-state index contributed by atoms with van der Waals surface area (Å²) in [5.41, 5.74) is 6.12. The van der Waals surface area contributed by atoms with Crippen molar-refractivity contribution in [3.63, 3.8) is 0 Å². The lowest BCUT2D eigenvalue weighted by molar-refractivity contribution is 0.102. The van der Waals surface area contributed by atoms with E-state index >= 15 is 0 Å². The Balaban J connectivity index is 1.72. The lowest BCUT2D eigenvalue weighted by atomic mass is 9.87. The minimum Gasteiger partial charge on any atom is -0.322 e. The summed E-state index contributed by atoms with van der Waals surface area (Å²) >= 11 is 0. The number of hydrogen-bond acceptors (Lipinski definition) is 2. The third kappa shape index (κ3) is 3.46. The zero-order valence-electron chi connectivity index (χ0n) is 16.3. The predicted molar refractivity (Wildman–Crippen MR) is 111 cm³/mol. The number of aromatic nitrogens is 1. The molecule has 2 aromatic carbocycles. The van der Waals surface area contributed by atoms with Gasteiger partial charge in [-0.15, -0.1) is 0 Å². The maximum Gasteiger partial charge on any atom is 0.256 e. The SMILES string of the molecule is CC(C)(C)c1ccc(NC(=O)c2c3c(nc4ccccc24)CCCC3)cc1. The number of benzene rings is 2. The van der Waals surface area contributed by atoms with Gasteiger partial charge in [-0.2, -0.15) is 0 Å². The van der Waals surface area contributed by atoms with Crippen molar-refractivity contribution in [1.29, 1.82) is 0 Å². The van der Waals surface area contributed by atoms with Crippen LogP contribution >= 0.6 is 0 Å². The molecule has 1 amide bonds. The topological polar surface area (TPSA) is 42.0 Å². The van der Waals surface area contributed by atoms with Crippen LogP contribution in [0.3, 0.4) is 0 Å². The number of carbonyl (C=O) groups excluding carboxylic acids is 1. The van der Waals surface area contributed by atoms with E-state index in [4.69, 9.17) is 4.98 Å². The van der Waals surface area contributed by atoms with E-state index in [-0.39, 0.29) is 11.3 Å². The third-order valence-corrected chi connectivity index (χ3v) is 5.41. The first-order chi connectivity index (χ1) is 12.9. The molecule has 0 saturated heterocycles. The quantitative estimate of drug-likeness (QED) is 0.642. The van der Waals surface area contributed by atoms with Crippen LogP contribution in [-0.2, 0) is 18.3 Å². The summed E-state index contributed by atoms with van der Waals surface area (Å²) in [4.78, 5) is 18.1. The van der Waals surface area contributed by atoms with Crippen LogP contribution in [0.25, 0.3) is 10.9 Å². The van der Waals surface area contributed by atoms with E-state index in [1.165, 1.54) is 5.56 Å². The molecule has 0 saturated carbocycles. The van der Waals surface area contributed by atoms with Crippen molar-refractivity contribution in [2.24, 2.45) is 0 Å². The maximum absolute atomic E-state index is 13.2. The monoisotopic (exact) mass is 358 g/mol. The highest BCUT2D eigenvalue weighted by Crippen LogP contribution is 2.30. The number of nitrogens with one attached hydrogen (secondary N) is 1. The van der Waals surface area contributed by atoms with Crippen LogP contribution in [0.2, 0.25) is 0 Å². The molecule has 1 aromatic heterocycles. The summed E-state index contributed by atoms with van der Waals surface area (Å²) in [6.07, 6.45) is 4.15. The van der Waals surface area contributed by atoms with Crippen LogP contribution < -0.4 is 5.32 Å². The van der Waals surface area contributed by atoms with Gasteiger partial charge in [0, 0.05) is 16.8 Å². The van der Waals surface area contributed by atoms with Gasteiger partial charge >= 0.3 is 0 Å². The van der Waals surface area contributed by atoms with Crippen molar-refractivity contribution >= 4 is 22.5 Å². The highest BCUT2D eigenvalue weighted by molar-refractivity contribution is 6.13. The molecule has 3 aromatic rings. The van der Waals surface area contributed by atoms with Crippen molar-refractivity contribution in [2.45, 2.75) is 51.9 Å². The van der Waals surface area contributed by atoms with Gasteiger partial charge in [0.05, 0.1) is 11.1 Å². The standard InChI is InChI=1S/C24H26N2O/c1-24(2,3)16-12-14-17(15-13-16)25-23(27)22-18-8-4-6-10-20(18)26-21-11-7-5-9-19(21)22/h4,6,8,10,12-15H,5,7,9,11H2,1-3H3,(H,25,27). The number of rotatable bonds is 2. The van der Waals surface area contributed by atoms with Crippen LogP contribution in [0.5, 0.6) is 0 Å². The first kappa shape index (κ1) is 17.7. The number of amides is 1. The fraction of sp³-hybridized carbons (Fsp3) is 0.333. The van der Waals surface area contributed by atoms with Gasteiger partial charge in [0.15, 0.2) is 0 Å². The Morgan fingerprint density at radius 3 is 2.41 bits per heavy atom. The largest absolute Gasteiger partial charge is 0.322 e. The highest BCUT2D eigenvalue weighted by Gasteiger charge is 2.22. The van der Waals surface area contributed by atoms with Gasteiger partial charge in [-0.1, -0.05) is 51.1 Å². The lowest BCUT2D eigenvalue weighted by Crippen LogP contribution is -2.19. The Hall–Kier alpha value is -2.68. The fourth-order valence-electron chi connectivity index (χ4n) is 3.88. The van der Waals surface area contributed by atoms with Gasteiger partial charge in [-0.3, -0.25) is 9.78 Å². The Morgan fingerprint density at radius 2 is 1.67 bits per heavy atom. The number of aryl methyl sites for hydroxylation is 1. The molecule has 1 aliphatic carbocycles. The molecule has 3 nitrogen and oxygen atoms in total.